The molecule has 1 rings (SSSR count). The van der Waals surface area contributed by atoms with Crippen molar-refractivity contribution in [2.45, 2.75) is 6.92 Å². The molecule has 4 heteroatoms. The molecular weight excluding hydrogens is 188 g/mol. The number of aliphatic hydroxyl groups excluding tert-OH is 1. The second-order valence-electron chi connectivity index (χ2n) is 2.62. The highest BCUT2D eigenvalue weighted by Gasteiger charge is 2.04. The highest BCUT2D eigenvalue weighted by Crippen LogP contribution is 2.13. The maximum absolute atomic E-state index is 8.80. The zero-order chi connectivity index (χ0) is 9.68. The van der Waals surface area contributed by atoms with Gasteiger partial charge in [-0.1, -0.05) is 17.7 Å². The molecule has 3 nitrogen and oxygen atoms in total. The number of aliphatic hydroxyl groups is 1. The largest absolute Gasteiger partial charge is 0.395 e. The molecule has 0 saturated heterocycles. The minimum absolute atomic E-state index is 0.127. The summed E-state index contributed by atoms with van der Waals surface area (Å²) < 4.78 is 0. The number of nitrogens with zero attached hydrogens (tertiary/aromatic N) is 2. The summed E-state index contributed by atoms with van der Waals surface area (Å²) in [4.78, 5) is 6.11. The zero-order valence-corrected chi connectivity index (χ0v) is 8.33. The average Bonchev–Trinajstić information content (AvgIpc) is 2.14. The molecule has 1 N–H and O–H groups in total. The number of rotatable bonds is 4. The molecule has 0 unspecified atom stereocenters. The first kappa shape index (κ1) is 10.3. The van der Waals surface area contributed by atoms with Gasteiger partial charge in [0.25, 0.3) is 0 Å². The quantitative estimate of drug-likeness (QED) is 0.750. The number of hydrogen-bond acceptors (Lipinski definition) is 3. The predicted molar refractivity (Wildman–Crippen MR) is 54.2 cm³/mol. The van der Waals surface area contributed by atoms with Gasteiger partial charge in [0, 0.05) is 13.1 Å². The van der Waals surface area contributed by atoms with E-state index in [-0.39, 0.29) is 6.61 Å². The molecule has 13 heavy (non-hydrogen) atoms. The van der Waals surface area contributed by atoms with Crippen LogP contribution in [0.4, 0.5) is 5.82 Å². The molecular formula is C9H13ClN2O. The van der Waals surface area contributed by atoms with Crippen molar-refractivity contribution in [3.63, 3.8) is 0 Å². The summed E-state index contributed by atoms with van der Waals surface area (Å²) in [6, 6.07) is 5.47. The Morgan fingerprint density at radius 2 is 2.31 bits per heavy atom. The summed E-state index contributed by atoms with van der Waals surface area (Å²) in [6.07, 6.45) is 0. The van der Waals surface area contributed by atoms with E-state index in [1.54, 1.807) is 6.07 Å². The Kier molecular flexibility index (Phi) is 3.99. The van der Waals surface area contributed by atoms with Crippen molar-refractivity contribution in [1.29, 1.82) is 0 Å². The van der Waals surface area contributed by atoms with Gasteiger partial charge in [0.1, 0.15) is 11.0 Å². The lowest BCUT2D eigenvalue weighted by Crippen LogP contribution is -2.26. The van der Waals surface area contributed by atoms with E-state index >= 15 is 0 Å². The zero-order valence-electron chi connectivity index (χ0n) is 7.57. The van der Waals surface area contributed by atoms with E-state index in [4.69, 9.17) is 16.7 Å². The van der Waals surface area contributed by atoms with Crippen LogP contribution in [-0.4, -0.2) is 29.8 Å². The first-order valence-corrected chi connectivity index (χ1v) is 4.64. The lowest BCUT2D eigenvalue weighted by molar-refractivity contribution is 0.302. The molecule has 0 spiro atoms. The van der Waals surface area contributed by atoms with Crippen molar-refractivity contribution in [2.24, 2.45) is 0 Å². The van der Waals surface area contributed by atoms with Crippen LogP contribution in [0.5, 0.6) is 0 Å². The van der Waals surface area contributed by atoms with Gasteiger partial charge in [0.15, 0.2) is 0 Å². The fourth-order valence-corrected chi connectivity index (χ4v) is 1.29. The molecule has 1 aromatic rings. The van der Waals surface area contributed by atoms with Gasteiger partial charge < -0.3 is 10.0 Å². The SMILES string of the molecule is CCN(CCO)c1cccc(Cl)n1. The predicted octanol–water partition coefficient (Wildman–Crippen LogP) is 1.55. The van der Waals surface area contributed by atoms with Gasteiger partial charge in [-0.15, -0.1) is 0 Å². The Morgan fingerprint density at radius 1 is 1.54 bits per heavy atom. The van der Waals surface area contributed by atoms with Crippen molar-refractivity contribution < 1.29 is 5.11 Å². The van der Waals surface area contributed by atoms with Crippen molar-refractivity contribution >= 4 is 17.4 Å². The number of anilines is 1. The molecule has 72 valence electrons. The maximum Gasteiger partial charge on any atom is 0.131 e. The van der Waals surface area contributed by atoms with Crippen molar-refractivity contribution in [1.82, 2.24) is 4.98 Å². The van der Waals surface area contributed by atoms with Crippen molar-refractivity contribution in [3.8, 4) is 0 Å². The molecule has 0 atom stereocenters. The van der Waals surface area contributed by atoms with Gasteiger partial charge in [-0.2, -0.15) is 0 Å². The molecule has 0 saturated carbocycles. The number of halogens is 1. The third-order valence-corrected chi connectivity index (χ3v) is 1.99. The monoisotopic (exact) mass is 200 g/mol. The first-order valence-electron chi connectivity index (χ1n) is 4.26. The lowest BCUT2D eigenvalue weighted by Gasteiger charge is -2.20. The fourth-order valence-electron chi connectivity index (χ4n) is 1.13. The summed E-state index contributed by atoms with van der Waals surface area (Å²) in [7, 11) is 0. The van der Waals surface area contributed by atoms with Crippen LogP contribution >= 0.6 is 11.6 Å². The third kappa shape index (κ3) is 2.86. The Labute approximate surface area is 83.0 Å². The molecule has 0 fully saturated rings. The smallest absolute Gasteiger partial charge is 0.131 e. The van der Waals surface area contributed by atoms with Gasteiger partial charge in [0.05, 0.1) is 6.61 Å². The molecule has 0 bridgehead atoms. The minimum Gasteiger partial charge on any atom is -0.395 e. The van der Waals surface area contributed by atoms with E-state index in [1.165, 1.54) is 0 Å². The summed E-state index contributed by atoms with van der Waals surface area (Å²) >= 11 is 5.75. The molecule has 1 aromatic heterocycles. The highest BCUT2D eigenvalue weighted by molar-refractivity contribution is 6.29. The Morgan fingerprint density at radius 3 is 2.85 bits per heavy atom. The number of hydrogen-bond donors (Lipinski definition) is 1. The van der Waals surface area contributed by atoms with Gasteiger partial charge in [-0.25, -0.2) is 4.98 Å². The minimum atomic E-state index is 0.127. The fraction of sp³-hybridized carbons (Fsp3) is 0.444. The topological polar surface area (TPSA) is 36.4 Å². The molecule has 0 radical (unpaired) electrons. The van der Waals surface area contributed by atoms with Crippen LogP contribution in [0.25, 0.3) is 0 Å². The van der Waals surface area contributed by atoms with Gasteiger partial charge >= 0.3 is 0 Å². The second-order valence-corrected chi connectivity index (χ2v) is 3.01. The van der Waals surface area contributed by atoms with E-state index in [0.29, 0.717) is 11.7 Å². The summed E-state index contributed by atoms with van der Waals surface area (Å²) in [6.45, 7) is 3.54. The average molecular weight is 201 g/mol. The molecule has 0 amide bonds. The molecule has 1 heterocycles. The van der Waals surface area contributed by atoms with Gasteiger partial charge in [0.2, 0.25) is 0 Å². The van der Waals surface area contributed by atoms with Gasteiger partial charge in [-0.3, -0.25) is 0 Å². The van der Waals surface area contributed by atoms with Crippen LogP contribution in [0.3, 0.4) is 0 Å². The van der Waals surface area contributed by atoms with Crippen LogP contribution < -0.4 is 4.90 Å². The van der Waals surface area contributed by atoms with E-state index in [9.17, 15) is 0 Å². The molecule has 0 aliphatic carbocycles. The van der Waals surface area contributed by atoms with Crippen LogP contribution in [0.15, 0.2) is 18.2 Å². The number of aromatic nitrogens is 1. The number of pyridine rings is 1. The Bertz CT molecular complexity index is 268. The summed E-state index contributed by atoms with van der Waals surface area (Å²) in [5.41, 5.74) is 0. The first-order chi connectivity index (χ1) is 6.27. The van der Waals surface area contributed by atoms with Crippen LogP contribution in [0.2, 0.25) is 5.15 Å². The maximum atomic E-state index is 8.80. The van der Waals surface area contributed by atoms with Crippen LogP contribution in [0.1, 0.15) is 6.92 Å². The normalized spacial score (nSPS) is 10.1. The van der Waals surface area contributed by atoms with Crippen LogP contribution in [0, 0.1) is 0 Å². The third-order valence-electron chi connectivity index (χ3n) is 1.78. The highest BCUT2D eigenvalue weighted by atomic mass is 35.5. The Balaban J connectivity index is 2.78. The summed E-state index contributed by atoms with van der Waals surface area (Å²) in [5.74, 6) is 0.809. The lowest BCUT2D eigenvalue weighted by atomic mass is 10.4. The van der Waals surface area contributed by atoms with E-state index in [2.05, 4.69) is 4.98 Å². The second kappa shape index (κ2) is 5.04. The van der Waals surface area contributed by atoms with E-state index in [0.717, 1.165) is 12.4 Å². The molecule has 0 aliphatic heterocycles. The molecule has 0 aliphatic rings. The van der Waals surface area contributed by atoms with Crippen LogP contribution in [-0.2, 0) is 0 Å². The van der Waals surface area contributed by atoms with Gasteiger partial charge in [-0.05, 0) is 19.1 Å². The van der Waals surface area contributed by atoms with Crippen molar-refractivity contribution in [2.75, 3.05) is 24.6 Å². The number of likely N-dealkylation sites (N-methyl/N-ethyl adjacent to an activating group) is 1. The van der Waals surface area contributed by atoms with Crippen molar-refractivity contribution in [3.05, 3.63) is 23.4 Å². The van der Waals surface area contributed by atoms with E-state index in [1.807, 2.05) is 24.0 Å². The Hall–Kier alpha value is -0.800. The van der Waals surface area contributed by atoms with E-state index < -0.39 is 0 Å². The molecule has 0 aromatic carbocycles. The standard InChI is InChI=1S/C9H13ClN2O/c1-2-12(6-7-13)9-5-3-4-8(10)11-9/h3-5,13H,2,6-7H2,1H3. The summed E-state index contributed by atoms with van der Waals surface area (Å²) in [5, 5.41) is 9.28.